The van der Waals surface area contributed by atoms with Gasteiger partial charge in [0.05, 0.1) is 0 Å². The fourth-order valence-electron chi connectivity index (χ4n) is 5.53. The second kappa shape index (κ2) is 2.77. The molecule has 4 bridgehead atoms. The largest absolute Gasteiger partial charge is 0.0654 e. The van der Waals surface area contributed by atoms with Crippen LogP contribution in [0.5, 0.6) is 0 Å². The van der Waals surface area contributed by atoms with Crippen LogP contribution in [0.15, 0.2) is 0 Å². The molecule has 0 aromatic carbocycles. The number of hydrogen-bond donors (Lipinski definition) is 0. The van der Waals surface area contributed by atoms with Gasteiger partial charge in [0.15, 0.2) is 0 Å². The standard InChI is InChI=1S/C14H24/c1-4-5-6-7-14-10(3)11-8-12(14)13(14)9(11)2/h9-13H,4-8H2,1-3H3. The number of rotatable bonds is 4. The highest BCUT2D eigenvalue weighted by atomic mass is 14.8. The molecule has 0 amide bonds. The molecule has 0 aliphatic heterocycles. The Bertz CT molecular complexity index is 240. The number of hydrogen-bond acceptors (Lipinski definition) is 0. The molecule has 0 nitrogen and oxygen atoms in total. The molecule has 4 aliphatic rings. The maximum Gasteiger partial charge on any atom is -0.0204 e. The van der Waals surface area contributed by atoms with Crippen LogP contribution in [0.1, 0.15) is 52.9 Å². The van der Waals surface area contributed by atoms with Crippen molar-refractivity contribution in [1.82, 2.24) is 0 Å². The van der Waals surface area contributed by atoms with Crippen LogP contribution < -0.4 is 0 Å². The summed E-state index contributed by atoms with van der Waals surface area (Å²) in [7, 11) is 0. The SMILES string of the molecule is CCCCCC12C(C)C3CC1C2C3C. The lowest BCUT2D eigenvalue weighted by Gasteiger charge is -2.19. The molecule has 4 saturated carbocycles. The summed E-state index contributed by atoms with van der Waals surface area (Å²) >= 11 is 0. The van der Waals surface area contributed by atoms with Gasteiger partial charge in [-0.3, -0.25) is 0 Å². The number of unbranched alkanes of at least 4 members (excludes halogenated alkanes) is 2. The highest BCUT2D eigenvalue weighted by Crippen LogP contribution is 2.84. The average Bonchev–Trinajstić information content (AvgIpc) is 2.40. The molecule has 4 aliphatic carbocycles. The lowest BCUT2D eigenvalue weighted by molar-refractivity contribution is 0.300. The van der Waals surface area contributed by atoms with E-state index in [9.17, 15) is 0 Å². The molecule has 6 atom stereocenters. The summed E-state index contributed by atoms with van der Waals surface area (Å²) in [6.07, 6.45) is 7.52. The van der Waals surface area contributed by atoms with Gasteiger partial charge in [0, 0.05) is 0 Å². The molecule has 0 aromatic rings. The monoisotopic (exact) mass is 192 g/mol. The maximum absolute atomic E-state index is 2.56. The first-order valence-corrected chi connectivity index (χ1v) is 6.73. The summed E-state index contributed by atoms with van der Waals surface area (Å²) in [6, 6.07) is 0. The van der Waals surface area contributed by atoms with Gasteiger partial charge in [-0.1, -0.05) is 40.0 Å². The van der Waals surface area contributed by atoms with Gasteiger partial charge >= 0.3 is 0 Å². The lowest BCUT2D eigenvalue weighted by atomic mass is 9.86. The zero-order chi connectivity index (χ0) is 9.92. The minimum atomic E-state index is 0.874. The van der Waals surface area contributed by atoms with E-state index in [4.69, 9.17) is 0 Å². The fourth-order valence-corrected chi connectivity index (χ4v) is 5.53. The molecule has 4 rings (SSSR count). The molecule has 6 unspecified atom stereocenters. The molecular weight excluding hydrogens is 168 g/mol. The Morgan fingerprint density at radius 3 is 2.43 bits per heavy atom. The third-order valence-electron chi connectivity index (χ3n) is 6.11. The zero-order valence-corrected chi connectivity index (χ0v) is 9.92. The van der Waals surface area contributed by atoms with Gasteiger partial charge in [0.1, 0.15) is 0 Å². The molecule has 0 spiro atoms. The zero-order valence-electron chi connectivity index (χ0n) is 9.92. The highest BCUT2D eigenvalue weighted by Gasteiger charge is 2.79. The Morgan fingerprint density at radius 1 is 1.21 bits per heavy atom. The maximum atomic E-state index is 2.56. The molecule has 14 heavy (non-hydrogen) atoms. The predicted molar refractivity (Wildman–Crippen MR) is 60.0 cm³/mol. The molecule has 0 heteroatoms. The smallest absolute Gasteiger partial charge is 0.0204 e. The van der Waals surface area contributed by atoms with Gasteiger partial charge in [0.2, 0.25) is 0 Å². The highest BCUT2D eigenvalue weighted by molar-refractivity contribution is 5.27. The van der Waals surface area contributed by atoms with Crippen LogP contribution >= 0.6 is 0 Å². The van der Waals surface area contributed by atoms with E-state index >= 15 is 0 Å². The van der Waals surface area contributed by atoms with Crippen molar-refractivity contribution in [3.63, 3.8) is 0 Å². The lowest BCUT2D eigenvalue weighted by Crippen LogP contribution is -2.12. The van der Waals surface area contributed by atoms with Crippen molar-refractivity contribution in [1.29, 1.82) is 0 Å². The molecule has 80 valence electrons. The summed E-state index contributed by atoms with van der Waals surface area (Å²) in [5.41, 5.74) is 0.874. The summed E-state index contributed by atoms with van der Waals surface area (Å²) in [4.78, 5) is 0. The summed E-state index contributed by atoms with van der Waals surface area (Å²) < 4.78 is 0. The van der Waals surface area contributed by atoms with Gasteiger partial charge < -0.3 is 0 Å². The van der Waals surface area contributed by atoms with E-state index in [1.54, 1.807) is 12.8 Å². The quantitative estimate of drug-likeness (QED) is 0.588. The Morgan fingerprint density at radius 2 is 2.00 bits per heavy atom. The second-order valence-corrected chi connectivity index (χ2v) is 6.25. The average molecular weight is 192 g/mol. The predicted octanol–water partition coefficient (Wildman–Crippen LogP) is 4.10. The van der Waals surface area contributed by atoms with Crippen molar-refractivity contribution in [3.8, 4) is 0 Å². The molecule has 0 heterocycles. The first-order chi connectivity index (χ1) is 6.73. The molecule has 0 aromatic heterocycles. The van der Waals surface area contributed by atoms with E-state index in [2.05, 4.69) is 20.8 Å². The minimum absolute atomic E-state index is 0.874. The van der Waals surface area contributed by atoms with Crippen molar-refractivity contribution >= 4 is 0 Å². The minimum Gasteiger partial charge on any atom is -0.0654 e. The van der Waals surface area contributed by atoms with Crippen molar-refractivity contribution in [2.24, 2.45) is 35.0 Å². The first kappa shape index (κ1) is 9.24. The molecule has 4 fully saturated rings. The Balaban J connectivity index is 1.69. The van der Waals surface area contributed by atoms with E-state index in [1.807, 2.05) is 0 Å². The van der Waals surface area contributed by atoms with E-state index in [1.165, 1.54) is 31.1 Å². The second-order valence-electron chi connectivity index (χ2n) is 6.25. The molecule has 0 radical (unpaired) electrons. The van der Waals surface area contributed by atoms with Crippen LogP contribution in [0, 0.1) is 35.0 Å². The van der Waals surface area contributed by atoms with Gasteiger partial charge in [-0.2, -0.15) is 0 Å². The van der Waals surface area contributed by atoms with Crippen LogP contribution in [0.2, 0.25) is 0 Å². The van der Waals surface area contributed by atoms with Crippen molar-refractivity contribution in [2.75, 3.05) is 0 Å². The van der Waals surface area contributed by atoms with Crippen LogP contribution in [0.3, 0.4) is 0 Å². The van der Waals surface area contributed by atoms with Gasteiger partial charge in [-0.05, 0) is 47.8 Å². The Kier molecular flexibility index (Phi) is 1.83. The van der Waals surface area contributed by atoms with E-state index in [0.717, 1.165) is 23.2 Å². The first-order valence-electron chi connectivity index (χ1n) is 6.73. The summed E-state index contributed by atoms with van der Waals surface area (Å²) in [5.74, 6) is 5.61. The summed E-state index contributed by atoms with van der Waals surface area (Å²) in [5, 5.41) is 0. The van der Waals surface area contributed by atoms with E-state index < -0.39 is 0 Å². The van der Waals surface area contributed by atoms with E-state index in [-0.39, 0.29) is 0 Å². The van der Waals surface area contributed by atoms with Gasteiger partial charge in [-0.15, -0.1) is 0 Å². The molecular formula is C14H24. The molecule has 0 N–H and O–H groups in total. The normalized spacial score (nSPS) is 58.1. The van der Waals surface area contributed by atoms with Crippen LogP contribution in [0.4, 0.5) is 0 Å². The topological polar surface area (TPSA) is 0 Å². The van der Waals surface area contributed by atoms with Gasteiger partial charge in [0.25, 0.3) is 0 Å². The Hall–Kier alpha value is 0. The Labute approximate surface area is 88.5 Å². The fraction of sp³-hybridized carbons (Fsp3) is 1.00. The van der Waals surface area contributed by atoms with Crippen molar-refractivity contribution < 1.29 is 0 Å². The third-order valence-corrected chi connectivity index (χ3v) is 6.11. The van der Waals surface area contributed by atoms with Crippen LogP contribution in [-0.4, -0.2) is 0 Å². The van der Waals surface area contributed by atoms with Gasteiger partial charge in [-0.25, -0.2) is 0 Å². The molecule has 0 saturated heterocycles. The van der Waals surface area contributed by atoms with Crippen LogP contribution in [0.25, 0.3) is 0 Å². The van der Waals surface area contributed by atoms with Crippen molar-refractivity contribution in [2.45, 2.75) is 52.9 Å². The van der Waals surface area contributed by atoms with Crippen LogP contribution in [-0.2, 0) is 0 Å². The van der Waals surface area contributed by atoms with E-state index in [0.29, 0.717) is 0 Å². The third kappa shape index (κ3) is 0.823. The van der Waals surface area contributed by atoms with Crippen molar-refractivity contribution in [3.05, 3.63) is 0 Å². The summed E-state index contributed by atoms with van der Waals surface area (Å²) in [6.45, 7) is 7.41.